The normalized spacial score (nSPS) is 11.4. The van der Waals surface area contributed by atoms with Gasteiger partial charge >= 0.3 is 0 Å². The lowest BCUT2D eigenvalue weighted by Crippen LogP contribution is -1.95. The van der Waals surface area contributed by atoms with Crippen molar-refractivity contribution in [2.24, 2.45) is 0 Å². The van der Waals surface area contributed by atoms with Gasteiger partial charge in [-0.3, -0.25) is 0 Å². The first-order chi connectivity index (χ1) is 6.45. The van der Waals surface area contributed by atoms with Gasteiger partial charge in [-0.25, -0.2) is 8.42 Å². The maximum Gasteiger partial charge on any atom is 0.262 e. The van der Waals surface area contributed by atoms with Gasteiger partial charge in [0.2, 0.25) is 0 Å². The van der Waals surface area contributed by atoms with Crippen molar-refractivity contribution in [3.05, 3.63) is 22.7 Å². The number of halogens is 2. The van der Waals surface area contributed by atoms with Gasteiger partial charge in [-0.15, -0.1) is 0 Å². The van der Waals surface area contributed by atoms with Crippen molar-refractivity contribution in [1.29, 1.82) is 0 Å². The summed E-state index contributed by atoms with van der Waals surface area (Å²) in [5, 5.41) is 0. The van der Waals surface area contributed by atoms with Crippen LogP contribution >= 0.6 is 26.6 Å². The maximum atomic E-state index is 11.0. The third kappa shape index (κ3) is 2.87. The minimum absolute atomic E-state index is 0.0441. The number of ether oxygens (including phenoxy) is 1. The molecule has 0 aliphatic carbocycles. The molecule has 0 N–H and O–H groups in total. The lowest BCUT2D eigenvalue weighted by Gasteiger charge is -2.05. The van der Waals surface area contributed by atoms with Crippen LogP contribution in [0.25, 0.3) is 0 Å². The topological polar surface area (TPSA) is 43.4 Å². The Labute approximate surface area is 95.6 Å². The Bertz CT molecular complexity index is 430. The highest BCUT2D eigenvalue weighted by atomic mass is 79.9. The molecule has 0 radical (unpaired) electrons. The van der Waals surface area contributed by atoms with Crippen LogP contribution in [0.4, 0.5) is 0 Å². The highest BCUT2D eigenvalue weighted by Crippen LogP contribution is 2.28. The average Bonchev–Trinajstić information content (AvgIpc) is 2.02. The van der Waals surface area contributed by atoms with Gasteiger partial charge in [0.1, 0.15) is 5.75 Å². The van der Waals surface area contributed by atoms with E-state index in [4.69, 9.17) is 15.4 Å². The molecule has 0 atom stereocenters. The van der Waals surface area contributed by atoms with Crippen LogP contribution in [0.2, 0.25) is 0 Å². The molecule has 1 aromatic rings. The van der Waals surface area contributed by atoms with Gasteiger partial charge in [0, 0.05) is 15.2 Å². The molecule has 6 heteroatoms. The Kier molecular flexibility index (Phi) is 3.80. The summed E-state index contributed by atoms with van der Waals surface area (Å²) in [5.74, 6) is 0.600. The molecule has 1 rings (SSSR count). The molecule has 0 saturated carbocycles. The molecule has 0 aliphatic heterocycles. The lowest BCUT2D eigenvalue weighted by molar-refractivity contribution is 0.340. The SMILES string of the molecule is CCOc1ccc(S(=O)(=O)Cl)c(Br)c1. The van der Waals surface area contributed by atoms with Gasteiger partial charge < -0.3 is 4.74 Å². The van der Waals surface area contributed by atoms with Gasteiger partial charge in [0.05, 0.1) is 11.5 Å². The van der Waals surface area contributed by atoms with E-state index in [0.717, 1.165) is 0 Å². The standard InChI is InChI=1S/C8H8BrClO3S/c1-2-13-6-3-4-8(7(9)5-6)14(10,11)12/h3-5H,2H2,1H3. The second kappa shape index (κ2) is 4.51. The predicted octanol–water partition coefficient (Wildman–Crippen LogP) is 2.78. The minimum Gasteiger partial charge on any atom is -0.494 e. The molecule has 14 heavy (non-hydrogen) atoms. The maximum absolute atomic E-state index is 11.0. The van der Waals surface area contributed by atoms with E-state index < -0.39 is 9.05 Å². The molecule has 0 aromatic heterocycles. The predicted molar refractivity (Wildman–Crippen MR) is 58.3 cm³/mol. The third-order valence-electron chi connectivity index (χ3n) is 1.48. The molecule has 3 nitrogen and oxygen atoms in total. The number of benzene rings is 1. The van der Waals surface area contributed by atoms with Gasteiger partial charge in [0.15, 0.2) is 0 Å². The highest BCUT2D eigenvalue weighted by Gasteiger charge is 2.14. The quantitative estimate of drug-likeness (QED) is 0.806. The molecule has 0 unspecified atom stereocenters. The fourth-order valence-corrected chi connectivity index (χ4v) is 3.14. The summed E-state index contributed by atoms with van der Waals surface area (Å²) < 4.78 is 27.6. The molecule has 1 aromatic carbocycles. The first-order valence-electron chi connectivity index (χ1n) is 3.82. The second-order valence-corrected chi connectivity index (χ2v) is 5.85. The van der Waals surface area contributed by atoms with Crippen LogP contribution in [0.5, 0.6) is 5.75 Å². The zero-order chi connectivity index (χ0) is 10.8. The van der Waals surface area contributed by atoms with Crippen LogP contribution in [0.1, 0.15) is 6.92 Å². The van der Waals surface area contributed by atoms with Crippen LogP contribution in [0.3, 0.4) is 0 Å². The smallest absolute Gasteiger partial charge is 0.262 e. The van der Waals surface area contributed by atoms with Crippen LogP contribution in [0.15, 0.2) is 27.6 Å². The molecule has 0 spiro atoms. The molecule has 78 valence electrons. The second-order valence-electron chi connectivity index (χ2n) is 2.46. The van der Waals surface area contributed by atoms with Crippen molar-refractivity contribution < 1.29 is 13.2 Å². The molecule has 0 heterocycles. The Morgan fingerprint density at radius 1 is 1.50 bits per heavy atom. The summed E-state index contributed by atoms with van der Waals surface area (Å²) in [4.78, 5) is 0.0441. The van der Waals surface area contributed by atoms with Crippen molar-refractivity contribution in [3.63, 3.8) is 0 Å². The van der Waals surface area contributed by atoms with Crippen LogP contribution < -0.4 is 4.74 Å². The van der Waals surface area contributed by atoms with E-state index in [2.05, 4.69) is 15.9 Å². The monoisotopic (exact) mass is 298 g/mol. The highest BCUT2D eigenvalue weighted by molar-refractivity contribution is 9.10. The van der Waals surface area contributed by atoms with Crippen molar-refractivity contribution in [1.82, 2.24) is 0 Å². The van der Waals surface area contributed by atoms with Crippen molar-refractivity contribution in [2.75, 3.05) is 6.61 Å². The van der Waals surface area contributed by atoms with Crippen LogP contribution in [-0.4, -0.2) is 15.0 Å². The van der Waals surface area contributed by atoms with Crippen LogP contribution in [-0.2, 0) is 9.05 Å². The minimum atomic E-state index is -3.70. The molecule has 0 fully saturated rings. The molecule has 0 amide bonds. The van der Waals surface area contributed by atoms with E-state index in [1.54, 1.807) is 12.1 Å². The number of hydrogen-bond acceptors (Lipinski definition) is 3. The summed E-state index contributed by atoms with van der Waals surface area (Å²) >= 11 is 3.11. The van der Waals surface area contributed by atoms with E-state index >= 15 is 0 Å². The van der Waals surface area contributed by atoms with Gasteiger partial charge in [-0.1, -0.05) is 0 Å². The summed E-state index contributed by atoms with van der Waals surface area (Å²) in [6.07, 6.45) is 0. The van der Waals surface area contributed by atoms with Crippen LogP contribution in [0, 0.1) is 0 Å². The van der Waals surface area contributed by atoms with Crippen molar-refractivity contribution in [2.45, 2.75) is 11.8 Å². The van der Waals surface area contributed by atoms with E-state index in [9.17, 15) is 8.42 Å². The largest absolute Gasteiger partial charge is 0.494 e. The summed E-state index contributed by atoms with van der Waals surface area (Å²) in [7, 11) is 1.50. The summed E-state index contributed by atoms with van der Waals surface area (Å²) in [5.41, 5.74) is 0. The third-order valence-corrected chi connectivity index (χ3v) is 3.78. The van der Waals surface area contributed by atoms with E-state index in [1.165, 1.54) is 6.07 Å². The molecule has 0 saturated heterocycles. The fourth-order valence-electron chi connectivity index (χ4n) is 0.936. The van der Waals surface area contributed by atoms with Gasteiger partial charge in [0.25, 0.3) is 9.05 Å². The Morgan fingerprint density at radius 2 is 2.14 bits per heavy atom. The average molecular weight is 300 g/mol. The Hall–Kier alpha value is -0.260. The molecular formula is C8H8BrClO3S. The van der Waals surface area contributed by atoms with Crippen molar-refractivity contribution >= 4 is 35.7 Å². The molecule has 0 bridgehead atoms. The summed E-state index contributed by atoms with van der Waals surface area (Å²) in [6, 6.07) is 4.53. The molecule has 0 aliphatic rings. The zero-order valence-electron chi connectivity index (χ0n) is 7.33. The van der Waals surface area contributed by atoms with E-state index in [1.807, 2.05) is 6.92 Å². The van der Waals surface area contributed by atoms with Gasteiger partial charge in [-0.2, -0.15) is 0 Å². The Balaban J connectivity index is 3.15. The van der Waals surface area contributed by atoms with Gasteiger partial charge in [-0.05, 0) is 41.1 Å². The van der Waals surface area contributed by atoms with E-state index in [-0.39, 0.29) is 4.90 Å². The lowest BCUT2D eigenvalue weighted by atomic mass is 10.3. The molecular weight excluding hydrogens is 292 g/mol. The summed E-state index contributed by atoms with van der Waals surface area (Å²) in [6.45, 7) is 2.37. The zero-order valence-corrected chi connectivity index (χ0v) is 10.5. The first kappa shape index (κ1) is 11.8. The first-order valence-corrected chi connectivity index (χ1v) is 6.92. The number of hydrogen-bond donors (Lipinski definition) is 0. The fraction of sp³-hybridized carbons (Fsp3) is 0.250. The van der Waals surface area contributed by atoms with E-state index in [0.29, 0.717) is 16.8 Å². The Morgan fingerprint density at radius 3 is 2.57 bits per heavy atom. The van der Waals surface area contributed by atoms with Crippen molar-refractivity contribution in [3.8, 4) is 5.75 Å². The number of rotatable bonds is 3.